The number of hydroxylamine groups is 1. The molecule has 0 radical (unpaired) electrons. The van der Waals surface area contributed by atoms with Gasteiger partial charge in [0.2, 0.25) is 5.91 Å². The minimum atomic E-state index is -3.92. The molecule has 10 heteroatoms. The number of rotatable bonds is 5. The molecule has 1 atom stereocenters. The molecule has 34 heavy (non-hydrogen) atoms. The van der Waals surface area contributed by atoms with Crippen LogP contribution in [0, 0.1) is 5.82 Å². The zero-order valence-electron chi connectivity index (χ0n) is 18.1. The molecule has 178 valence electrons. The van der Waals surface area contributed by atoms with E-state index in [4.69, 9.17) is 0 Å². The Morgan fingerprint density at radius 2 is 1.74 bits per heavy atom. The third-order valence-corrected chi connectivity index (χ3v) is 10.0. The van der Waals surface area contributed by atoms with E-state index in [0.29, 0.717) is 16.0 Å². The topological polar surface area (TPSA) is 104 Å². The van der Waals surface area contributed by atoms with Crippen molar-refractivity contribution in [2.75, 3.05) is 18.8 Å². The summed E-state index contributed by atoms with van der Waals surface area (Å²) in [5.41, 5.74) is 2.72. The molecule has 2 heterocycles. The highest BCUT2D eigenvalue weighted by Gasteiger charge is 2.49. The van der Waals surface area contributed by atoms with Crippen LogP contribution in [-0.2, 0) is 19.4 Å². The lowest BCUT2D eigenvalue weighted by Crippen LogP contribution is -2.41. The van der Waals surface area contributed by atoms with Gasteiger partial charge in [0.05, 0.1) is 12.2 Å². The van der Waals surface area contributed by atoms with Gasteiger partial charge < -0.3 is 4.90 Å². The van der Waals surface area contributed by atoms with E-state index in [1.54, 1.807) is 60.1 Å². The molecule has 1 saturated heterocycles. The van der Waals surface area contributed by atoms with Crippen molar-refractivity contribution in [3.05, 3.63) is 83.0 Å². The Kier molecular flexibility index (Phi) is 6.83. The maximum absolute atomic E-state index is 13.6. The zero-order valence-corrected chi connectivity index (χ0v) is 19.7. The number of halogens is 1. The normalized spacial score (nSPS) is 19.9. The lowest BCUT2D eigenvalue weighted by molar-refractivity contribution is -0.129. The second-order valence-corrected chi connectivity index (χ2v) is 11.6. The molecule has 1 aromatic heterocycles. The summed E-state index contributed by atoms with van der Waals surface area (Å²) in [6, 6.07) is 17.8. The predicted molar refractivity (Wildman–Crippen MR) is 127 cm³/mol. The van der Waals surface area contributed by atoms with E-state index in [1.807, 2.05) is 0 Å². The summed E-state index contributed by atoms with van der Waals surface area (Å²) >= 11 is 1.20. The number of thiophene rings is 1. The first kappa shape index (κ1) is 24.1. The number of benzene rings is 2. The fraction of sp³-hybridized carbons (Fsp3) is 0.250. The molecular weight excluding hydrogens is 479 g/mol. The quantitative estimate of drug-likeness (QED) is 0.410. The largest absolute Gasteiger partial charge is 0.338 e. The van der Waals surface area contributed by atoms with Crippen molar-refractivity contribution in [3.63, 3.8) is 0 Å². The molecule has 0 bridgehead atoms. The summed E-state index contributed by atoms with van der Waals surface area (Å²) in [4.78, 5) is 27.9. The Balaban J connectivity index is 1.72. The molecule has 2 aromatic carbocycles. The number of hydrogen-bond donors (Lipinski definition) is 2. The van der Waals surface area contributed by atoms with E-state index in [9.17, 15) is 27.6 Å². The molecule has 7 nitrogen and oxygen atoms in total. The highest BCUT2D eigenvalue weighted by Crippen LogP contribution is 2.45. The standard InChI is InChI=1S/C24H23FN2O5S2/c25-19-8-6-17(7-9-19)20-10-11-21(33-20)24(16-22(28)26-30)12-13-27(14-15-34(24,31)32)23(29)18-4-2-1-3-5-18/h1-11,30H,12-16H2,(H,26,28). The van der Waals surface area contributed by atoms with Gasteiger partial charge in [-0.1, -0.05) is 30.3 Å². The monoisotopic (exact) mass is 502 g/mol. The van der Waals surface area contributed by atoms with Gasteiger partial charge in [-0.05, 0) is 48.4 Å². The van der Waals surface area contributed by atoms with E-state index < -0.39 is 26.9 Å². The van der Waals surface area contributed by atoms with E-state index in [2.05, 4.69) is 0 Å². The number of hydrogen-bond acceptors (Lipinski definition) is 6. The van der Waals surface area contributed by atoms with Crippen molar-refractivity contribution in [1.82, 2.24) is 10.4 Å². The molecule has 1 unspecified atom stereocenters. The van der Waals surface area contributed by atoms with Gasteiger partial charge in [-0.3, -0.25) is 14.8 Å². The SMILES string of the molecule is O=C(CC1(c2ccc(-c3ccc(F)cc3)s2)CCN(C(=O)c2ccccc2)CCS1(=O)=O)NO. The van der Waals surface area contributed by atoms with Crippen LogP contribution in [0.2, 0.25) is 0 Å². The van der Waals surface area contributed by atoms with Crippen LogP contribution in [0.1, 0.15) is 28.1 Å². The fourth-order valence-electron chi connectivity index (χ4n) is 4.19. The molecule has 0 spiro atoms. The van der Waals surface area contributed by atoms with Crippen LogP contribution >= 0.6 is 11.3 Å². The zero-order chi connectivity index (χ0) is 24.3. The summed E-state index contributed by atoms with van der Waals surface area (Å²) in [7, 11) is -3.92. The number of amides is 2. The maximum Gasteiger partial charge on any atom is 0.253 e. The lowest BCUT2D eigenvalue weighted by atomic mass is 9.97. The minimum absolute atomic E-state index is 0.00521. The summed E-state index contributed by atoms with van der Waals surface area (Å²) in [5.74, 6) is -1.82. The smallest absolute Gasteiger partial charge is 0.253 e. The average Bonchev–Trinajstić information content (AvgIpc) is 3.29. The van der Waals surface area contributed by atoms with Gasteiger partial charge in [-0.2, -0.15) is 0 Å². The molecule has 1 aliphatic rings. The Labute approximate surface area is 200 Å². The van der Waals surface area contributed by atoms with Crippen LogP contribution in [-0.4, -0.2) is 49.2 Å². The summed E-state index contributed by atoms with van der Waals surface area (Å²) in [6.45, 7) is 0.115. The van der Waals surface area contributed by atoms with Gasteiger partial charge in [-0.25, -0.2) is 18.3 Å². The van der Waals surface area contributed by atoms with E-state index in [0.717, 1.165) is 4.88 Å². The number of nitrogens with zero attached hydrogens (tertiary/aromatic N) is 1. The first-order valence-corrected chi connectivity index (χ1v) is 13.1. The Morgan fingerprint density at radius 3 is 2.41 bits per heavy atom. The highest BCUT2D eigenvalue weighted by molar-refractivity contribution is 7.92. The third kappa shape index (κ3) is 4.61. The summed E-state index contributed by atoms with van der Waals surface area (Å²) < 4.78 is 39.0. The van der Waals surface area contributed by atoms with E-state index in [-0.39, 0.29) is 37.0 Å². The second kappa shape index (κ2) is 9.65. The van der Waals surface area contributed by atoms with Crippen LogP contribution < -0.4 is 5.48 Å². The molecular formula is C24H23FN2O5S2. The van der Waals surface area contributed by atoms with Gasteiger partial charge in [0.25, 0.3) is 5.91 Å². The van der Waals surface area contributed by atoms with Gasteiger partial charge in [0.1, 0.15) is 10.6 Å². The van der Waals surface area contributed by atoms with Crippen LogP contribution in [0.4, 0.5) is 4.39 Å². The van der Waals surface area contributed by atoms with Gasteiger partial charge >= 0.3 is 0 Å². The van der Waals surface area contributed by atoms with E-state index >= 15 is 0 Å². The number of nitrogens with one attached hydrogen (secondary N) is 1. The Hall–Kier alpha value is -3.08. The minimum Gasteiger partial charge on any atom is -0.338 e. The van der Waals surface area contributed by atoms with Gasteiger partial charge in [0.15, 0.2) is 9.84 Å². The lowest BCUT2D eigenvalue weighted by Gasteiger charge is -2.30. The Morgan fingerprint density at radius 1 is 1.03 bits per heavy atom. The molecule has 1 fully saturated rings. The predicted octanol–water partition coefficient (Wildman–Crippen LogP) is 3.61. The van der Waals surface area contributed by atoms with Crippen molar-refractivity contribution in [1.29, 1.82) is 0 Å². The molecule has 1 aliphatic heterocycles. The molecule has 3 aromatic rings. The third-order valence-electron chi connectivity index (χ3n) is 6.07. The first-order chi connectivity index (χ1) is 16.3. The summed E-state index contributed by atoms with van der Waals surface area (Å²) in [6.07, 6.45) is -0.493. The van der Waals surface area contributed by atoms with Crippen LogP contribution in [0.15, 0.2) is 66.7 Å². The number of carbonyl (C=O) groups is 2. The number of carbonyl (C=O) groups excluding carboxylic acids is 2. The molecule has 4 rings (SSSR count). The van der Waals surface area contributed by atoms with Crippen molar-refractivity contribution in [3.8, 4) is 10.4 Å². The van der Waals surface area contributed by atoms with Gasteiger partial charge in [-0.15, -0.1) is 11.3 Å². The van der Waals surface area contributed by atoms with E-state index in [1.165, 1.54) is 28.4 Å². The summed E-state index contributed by atoms with van der Waals surface area (Å²) in [5, 5.41) is 9.17. The van der Waals surface area contributed by atoms with Gasteiger partial charge in [0, 0.05) is 28.4 Å². The number of sulfone groups is 1. The molecule has 2 N–H and O–H groups in total. The molecule has 0 saturated carbocycles. The Bertz CT molecular complexity index is 1290. The first-order valence-electron chi connectivity index (χ1n) is 10.6. The van der Waals surface area contributed by atoms with Crippen molar-refractivity contribution in [2.45, 2.75) is 17.6 Å². The fourth-order valence-corrected chi connectivity index (χ4v) is 7.80. The van der Waals surface area contributed by atoms with Crippen LogP contribution in [0.25, 0.3) is 10.4 Å². The van der Waals surface area contributed by atoms with Crippen molar-refractivity contribution in [2.24, 2.45) is 0 Å². The molecule has 0 aliphatic carbocycles. The molecule has 2 amide bonds. The second-order valence-electron chi connectivity index (χ2n) is 8.10. The van der Waals surface area contributed by atoms with Crippen LogP contribution in [0.5, 0.6) is 0 Å². The maximum atomic E-state index is 13.6. The van der Waals surface area contributed by atoms with Crippen molar-refractivity contribution < 1.29 is 27.6 Å². The average molecular weight is 503 g/mol. The van der Waals surface area contributed by atoms with Crippen molar-refractivity contribution >= 4 is 33.0 Å². The highest BCUT2D eigenvalue weighted by atomic mass is 32.2. The van der Waals surface area contributed by atoms with Crippen LogP contribution in [0.3, 0.4) is 0 Å².